The van der Waals surface area contributed by atoms with Gasteiger partial charge in [-0.05, 0) is 27.7 Å². The number of aromatic amines is 1. The molecule has 8 nitrogen and oxygen atoms in total. The van der Waals surface area contributed by atoms with Gasteiger partial charge in [0, 0.05) is 19.8 Å². The van der Waals surface area contributed by atoms with Gasteiger partial charge in [0.15, 0.2) is 0 Å². The molecule has 0 unspecified atom stereocenters. The molecule has 0 atom stereocenters. The van der Waals surface area contributed by atoms with E-state index in [-0.39, 0.29) is 5.82 Å². The van der Waals surface area contributed by atoms with Crippen LogP contribution in [0.3, 0.4) is 0 Å². The molecule has 1 rings (SSSR count). The van der Waals surface area contributed by atoms with E-state index in [0.717, 1.165) is 0 Å². The van der Waals surface area contributed by atoms with Gasteiger partial charge in [0.1, 0.15) is 5.82 Å². The number of carboxylic acids is 1. The van der Waals surface area contributed by atoms with Crippen LogP contribution in [-0.2, 0) is 14.2 Å². The highest BCUT2D eigenvalue weighted by Gasteiger charge is 2.06. The molecule has 0 aliphatic heterocycles. The summed E-state index contributed by atoms with van der Waals surface area (Å²) in [5.41, 5.74) is 0. The molecule has 1 heterocycles. The van der Waals surface area contributed by atoms with Crippen molar-refractivity contribution in [3.05, 3.63) is 11.6 Å². The summed E-state index contributed by atoms with van der Waals surface area (Å²) in [6.07, 6.45) is 0. The van der Waals surface area contributed by atoms with Crippen molar-refractivity contribution in [3.8, 4) is 0 Å². The summed E-state index contributed by atoms with van der Waals surface area (Å²) in [5, 5.41) is 14.0. The molecule has 0 bridgehead atoms. The molecular weight excluding hydrogens is 254 g/mol. The molecular formula is C11H21N3O5. The maximum absolute atomic E-state index is 10.1. The fourth-order valence-corrected chi connectivity index (χ4v) is 0.991. The zero-order valence-corrected chi connectivity index (χ0v) is 11.7. The van der Waals surface area contributed by atoms with Gasteiger partial charge >= 0.3 is 5.97 Å². The maximum Gasteiger partial charge on any atom is 0.375 e. The van der Waals surface area contributed by atoms with Crippen LogP contribution in [0.25, 0.3) is 0 Å². The zero-order valence-electron chi connectivity index (χ0n) is 11.7. The number of aryl methyl sites for hydroxylation is 1. The molecule has 0 amide bonds. The minimum absolute atomic E-state index is 0.187. The number of aromatic nitrogens is 3. The summed E-state index contributed by atoms with van der Waals surface area (Å²) >= 11 is 0. The van der Waals surface area contributed by atoms with Gasteiger partial charge in [0.2, 0.25) is 0 Å². The van der Waals surface area contributed by atoms with Crippen molar-refractivity contribution in [1.29, 1.82) is 0 Å². The number of carboxylic acid groups (broad SMARTS) is 1. The van der Waals surface area contributed by atoms with Crippen molar-refractivity contribution in [1.82, 2.24) is 15.2 Å². The number of ether oxygens (including phenoxy) is 3. The normalized spacial score (nSPS) is 10.2. The van der Waals surface area contributed by atoms with E-state index in [1.54, 1.807) is 6.92 Å². The number of nitrogens with one attached hydrogen (secondary N) is 1. The fraction of sp³-hybridized carbons (Fsp3) is 0.727. The molecule has 0 spiro atoms. The monoisotopic (exact) mass is 275 g/mol. The summed E-state index contributed by atoms with van der Waals surface area (Å²) in [4.78, 5) is 13.6. The lowest BCUT2D eigenvalue weighted by Crippen LogP contribution is -2.20. The van der Waals surface area contributed by atoms with E-state index < -0.39 is 12.4 Å². The highest BCUT2D eigenvalue weighted by atomic mass is 16.8. The lowest BCUT2D eigenvalue weighted by molar-refractivity contribution is -0.282. The molecule has 0 aromatic carbocycles. The molecule has 0 aliphatic carbocycles. The highest BCUT2D eigenvalue weighted by Crippen LogP contribution is 1.96. The first-order valence-electron chi connectivity index (χ1n) is 6.02. The molecule has 8 heteroatoms. The van der Waals surface area contributed by atoms with Crippen LogP contribution in [0.4, 0.5) is 0 Å². The van der Waals surface area contributed by atoms with E-state index in [0.29, 0.717) is 25.6 Å². The van der Waals surface area contributed by atoms with Gasteiger partial charge in [-0.2, -0.15) is 0 Å². The van der Waals surface area contributed by atoms with E-state index >= 15 is 0 Å². The SMILES string of the molecule is CCOC(OCC)OCC.Cc1nc(C(=O)O)n[nH]1. The molecule has 2 N–H and O–H groups in total. The second kappa shape index (κ2) is 10.4. The second-order valence-corrected chi connectivity index (χ2v) is 3.20. The number of hydrogen-bond acceptors (Lipinski definition) is 6. The Morgan fingerprint density at radius 3 is 1.89 bits per heavy atom. The quantitative estimate of drug-likeness (QED) is 0.720. The number of carbonyl (C=O) groups is 1. The van der Waals surface area contributed by atoms with Crippen molar-refractivity contribution in [2.75, 3.05) is 19.8 Å². The average Bonchev–Trinajstić information content (AvgIpc) is 2.78. The van der Waals surface area contributed by atoms with Gasteiger partial charge in [-0.3, -0.25) is 5.10 Å². The van der Waals surface area contributed by atoms with E-state index in [1.165, 1.54) is 0 Å². The summed E-state index contributed by atoms with van der Waals surface area (Å²) in [5.74, 6) is -0.792. The predicted octanol–water partition coefficient (Wildman–Crippen LogP) is 1.19. The Morgan fingerprint density at radius 2 is 1.68 bits per heavy atom. The summed E-state index contributed by atoms with van der Waals surface area (Å²) in [7, 11) is 0. The van der Waals surface area contributed by atoms with Gasteiger partial charge < -0.3 is 19.3 Å². The predicted molar refractivity (Wildman–Crippen MR) is 66.7 cm³/mol. The van der Waals surface area contributed by atoms with Crippen LogP contribution in [0.2, 0.25) is 0 Å². The average molecular weight is 275 g/mol. The van der Waals surface area contributed by atoms with E-state index in [9.17, 15) is 4.79 Å². The van der Waals surface area contributed by atoms with Gasteiger partial charge in [0.25, 0.3) is 12.3 Å². The first kappa shape index (κ1) is 17.5. The minimum atomic E-state index is -1.11. The third kappa shape index (κ3) is 8.25. The molecule has 19 heavy (non-hydrogen) atoms. The second-order valence-electron chi connectivity index (χ2n) is 3.20. The Hall–Kier alpha value is -1.51. The van der Waals surface area contributed by atoms with E-state index in [4.69, 9.17) is 19.3 Å². The van der Waals surface area contributed by atoms with E-state index in [1.807, 2.05) is 20.8 Å². The summed E-state index contributed by atoms with van der Waals surface area (Å²) < 4.78 is 15.2. The third-order valence-corrected chi connectivity index (χ3v) is 1.70. The molecule has 0 aliphatic rings. The number of rotatable bonds is 7. The number of nitrogens with zero attached hydrogens (tertiary/aromatic N) is 2. The van der Waals surface area contributed by atoms with Crippen molar-refractivity contribution >= 4 is 5.97 Å². The number of H-pyrrole nitrogens is 1. The first-order valence-corrected chi connectivity index (χ1v) is 6.02. The van der Waals surface area contributed by atoms with Crippen LogP contribution in [0.1, 0.15) is 37.2 Å². The zero-order chi connectivity index (χ0) is 14.7. The smallest absolute Gasteiger partial charge is 0.375 e. The van der Waals surface area contributed by atoms with Crippen LogP contribution < -0.4 is 0 Å². The lowest BCUT2D eigenvalue weighted by Gasteiger charge is -2.15. The highest BCUT2D eigenvalue weighted by molar-refractivity contribution is 5.82. The Balaban J connectivity index is 0.000000342. The fourth-order valence-electron chi connectivity index (χ4n) is 0.991. The van der Waals surface area contributed by atoms with Gasteiger partial charge in [-0.1, -0.05) is 0 Å². The van der Waals surface area contributed by atoms with Crippen LogP contribution in [0.5, 0.6) is 0 Å². The topological polar surface area (TPSA) is 107 Å². The van der Waals surface area contributed by atoms with Gasteiger partial charge in [-0.25, -0.2) is 9.78 Å². The number of hydrogen-bond donors (Lipinski definition) is 2. The minimum Gasteiger partial charge on any atom is -0.475 e. The molecule has 1 aromatic rings. The summed E-state index contributed by atoms with van der Waals surface area (Å²) in [6, 6.07) is 0. The lowest BCUT2D eigenvalue weighted by atomic mass is 10.6. The molecule has 1 aromatic heterocycles. The van der Waals surface area contributed by atoms with Gasteiger partial charge in [0.05, 0.1) is 0 Å². The van der Waals surface area contributed by atoms with Gasteiger partial charge in [-0.15, -0.1) is 5.10 Å². The van der Waals surface area contributed by atoms with Crippen LogP contribution in [0, 0.1) is 6.92 Å². The van der Waals surface area contributed by atoms with E-state index in [2.05, 4.69) is 15.2 Å². The molecule has 110 valence electrons. The van der Waals surface area contributed by atoms with Crippen molar-refractivity contribution < 1.29 is 24.1 Å². The largest absolute Gasteiger partial charge is 0.475 e. The molecule has 0 fully saturated rings. The maximum atomic E-state index is 10.1. The van der Waals surface area contributed by atoms with Crippen molar-refractivity contribution in [2.24, 2.45) is 0 Å². The Bertz CT molecular complexity index is 342. The molecule has 0 radical (unpaired) electrons. The third-order valence-electron chi connectivity index (χ3n) is 1.70. The van der Waals surface area contributed by atoms with Crippen LogP contribution in [0.15, 0.2) is 0 Å². The Morgan fingerprint density at radius 1 is 1.21 bits per heavy atom. The summed E-state index contributed by atoms with van der Waals surface area (Å²) in [6.45, 7) is 8.74. The molecule has 0 saturated heterocycles. The Labute approximate surface area is 112 Å². The van der Waals surface area contributed by atoms with Crippen LogP contribution >= 0.6 is 0 Å². The number of aromatic carboxylic acids is 1. The standard InChI is InChI=1S/C7H16O3.C4H5N3O2/c1-4-8-7(9-5-2)10-6-3;1-2-5-3(4(8)9)7-6-2/h7H,4-6H2,1-3H3;1H3,(H,8,9)(H,5,6,7). The Kier molecular flexibility index (Phi) is 9.59. The van der Waals surface area contributed by atoms with Crippen LogP contribution in [-0.4, -0.2) is 52.6 Å². The first-order chi connectivity index (χ1) is 9.04. The van der Waals surface area contributed by atoms with Crippen molar-refractivity contribution in [3.63, 3.8) is 0 Å². The molecule has 0 saturated carbocycles. The van der Waals surface area contributed by atoms with Crippen molar-refractivity contribution in [2.45, 2.75) is 34.2 Å².